The SMILES string of the molecule is COc1c(Nc2nn(C)c3cc(C(C)(C)O)c(F)cc23)cnn1C. The van der Waals surface area contributed by atoms with Crippen LogP contribution < -0.4 is 10.1 Å². The Hall–Kier alpha value is -2.61. The van der Waals surface area contributed by atoms with Crippen molar-refractivity contribution in [1.82, 2.24) is 19.6 Å². The number of aliphatic hydroxyl groups is 1. The van der Waals surface area contributed by atoms with Crippen LogP contribution in [-0.2, 0) is 19.7 Å². The van der Waals surface area contributed by atoms with Crippen molar-refractivity contribution in [2.75, 3.05) is 12.4 Å². The molecule has 8 heteroatoms. The molecule has 0 aliphatic carbocycles. The number of rotatable bonds is 4. The molecule has 128 valence electrons. The molecule has 2 aromatic heterocycles. The number of fused-ring (bicyclic) bond motifs is 1. The van der Waals surface area contributed by atoms with Crippen LogP contribution in [0, 0.1) is 5.82 Å². The maximum absolute atomic E-state index is 14.4. The zero-order valence-electron chi connectivity index (χ0n) is 14.3. The molecule has 24 heavy (non-hydrogen) atoms. The van der Waals surface area contributed by atoms with E-state index in [-0.39, 0.29) is 5.56 Å². The lowest BCUT2D eigenvalue weighted by molar-refractivity contribution is 0.0747. The highest BCUT2D eigenvalue weighted by atomic mass is 19.1. The monoisotopic (exact) mass is 333 g/mol. The van der Waals surface area contributed by atoms with Gasteiger partial charge in [-0.15, -0.1) is 0 Å². The minimum atomic E-state index is -1.28. The van der Waals surface area contributed by atoms with Gasteiger partial charge in [0.05, 0.1) is 24.4 Å². The van der Waals surface area contributed by atoms with Gasteiger partial charge in [-0.05, 0) is 26.0 Å². The molecule has 1 aromatic carbocycles. The molecule has 0 saturated carbocycles. The van der Waals surface area contributed by atoms with Crippen LogP contribution in [0.25, 0.3) is 10.9 Å². The fraction of sp³-hybridized carbons (Fsp3) is 0.375. The first-order chi connectivity index (χ1) is 11.2. The van der Waals surface area contributed by atoms with Crippen molar-refractivity contribution in [1.29, 1.82) is 0 Å². The fourth-order valence-electron chi connectivity index (χ4n) is 2.72. The Labute approximate surface area is 138 Å². The Kier molecular flexibility index (Phi) is 3.71. The Morgan fingerprint density at radius 1 is 1.25 bits per heavy atom. The molecular formula is C16H20FN5O2. The number of aromatic nitrogens is 4. The van der Waals surface area contributed by atoms with Gasteiger partial charge in [0.25, 0.3) is 0 Å². The third-order valence-corrected chi connectivity index (χ3v) is 3.93. The molecule has 0 aliphatic heterocycles. The Morgan fingerprint density at radius 3 is 2.58 bits per heavy atom. The summed E-state index contributed by atoms with van der Waals surface area (Å²) in [5.41, 5.74) is 0.289. The van der Waals surface area contributed by atoms with Gasteiger partial charge in [-0.25, -0.2) is 9.07 Å². The molecule has 3 rings (SSSR count). The van der Waals surface area contributed by atoms with E-state index in [9.17, 15) is 9.50 Å². The Morgan fingerprint density at radius 2 is 1.96 bits per heavy atom. The largest absolute Gasteiger partial charge is 0.480 e. The zero-order chi connectivity index (χ0) is 17.6. The molecule has 0 aliphatic rings. The molecule has 0 fully saturated rings. The highest BCUT2D eigenvalue weighted by molar-refractivity contribution is 5.92. The zero-order valence-corrected chi connectivity index (χ0v) is 14.3. The summed E-state index contributed by atoms with van der Waals surface area (Å²) in [5.74, 6) is 0.548. The highest BCUT2D eigenvalue weighted by Crippen LogP contribution is 2.33. The van der Waals surface area contributed by atoms with Gasteiger partial charge in [0.2, 0.25) is 5.88 Å². The Balaban J connectivity index is 2.12. The molecule has 2 heterocycles. The second-order valence-electron chi connectivity index (χ2n) is 6.20. The quantitative estimate of drug-likeness (QED) is 0.767. The third-order valence-electron chi connectivity index (χ3n) is 3.93. The van der Waals surface area contributed by atoms with Crippen molar-refractivity contribution < 1.29 is 14.2 Å². The van der Waals surface area contributed by atoms with E-state index in [2.05, 4.69) is 15.5 Å². The van der Waals surface area contributed by atoms with Gasteiger partial charge in [-0.2, -0.15) is 10.2 Å². The molecule has 3 aromatic rings. The van der Waals surface area contributed by atoms with Crippen LogP contribution in [0.5, 0.6) is 5.88 Å². The first-order valence-electron chi connectivity index (χ1n) is 7.44. The van der Waals surface area contributed by atoms with Gasteiger partial charge in [-0.3, -0.25) is 4.68 Å². The van der Waals surface area contributed by atoms with Gasteiger partial charge in [0.15, 0.2) is 5.82 Å². The molecule has 0 radical (unpaired) electrons. The van der Waals surface area contributed by atoms with Gasteiger partial charge in [0.1, 0.15) is 11.5 Å². The predicted octanol–water partition coefficient (Wildman–Crippen LogP) is 2.43. The highest BCUT2D eigenvalue weighted by Gasteiger charge is 2.23. The number of anilines is 2. The summed E-state index contributed by atoms with van der Waals surface area (Å²) in [6, 6.07) is 2.99. The molecule has 7 nitrogen and oxygen atoms in total. The minimum Gasteiger partial charge on any atom is -0.480 e. The molecule has 0 spiro atoms. The topological polar surface area (TPSA) is 77.1 Å². The number of nitrogens with zero attached hydrogens (tertiary/aromatic N) is 4. The maximum atomic E-state index is 14.4. The number of hydrogen-bond acceptors (Lipinski definition) is 5. The average molecular weight is 333 g/mol. The van der Waals surface area contributed by atoms with Crippen LogP contribution in [0.3, 0.4) is 0 Å². The molecule has 0 unspecified atom stereocenters. The summed E-state index contributed by atoms with van der Waals surface area (Å²) in [6.45, 7) is 3.10. The number of halogens is 1. The molecule has 2 N–H and O–H groups in total. The normalized spacial score (nSPS) is 12.0. The third kappa shape index (κ3) is 2.58. The number of hydrogen-bond donors (Lipinski definition) is 2. The average Bonchev–Trinajstić information content (AvgIpc) is 2.98. The number of ether oxygens (including phenoxy) is 1. The van der Waals surface area contributed by atoms with Gasteiger partial charge in [0, 0.05) is 25.0 Å². The molecule has 0 amide bonds. The minimum absolute atomic E-state index is 0.225. The predicted molar refractivity (Wildman–Crippen MR) is 89.0 cm³/mol. The molecular weight excluding hydrogens is 313 g/mol. The summed E-state index contributed by atoms with van der Waals surface area (Å²) in [4.78, 5) is 0. The molecule has 0 saturated heterocycles. The maximum Gasteiger partial charge on any atom is 0.235 e. The van der Waals surface area contributed by atoms with Crippen molar-refractivity contribution in [2.24, 2.45) is 14.1 Å². The summed E-state index contributed by atoms with van der Waals surface area (Å²) in [7, 11) is 5.07. The number of aryl methyl sites for hydroxylation is 2. The van der Waals surface area contributed by atoms with E-state index >= 15 is 0 Å². The summed E-state index contributed by atoms with van der Waals surface area (Å²) >= 11 is 0. The van der Waals surface area contributed by atoms with Gasteiger partial charge < -0.3 is 15.2 Å². The van der Waals surface area contributed by atoms with E-state index in [0.29, 0.717) is 28.3 Å². The lowest BCUT2D eigenvalue weighted by atomic mass is 9.96. The number of benzene rings is 1. The smallest absolute Gasteiger partial charge is 0.235 e. The number of methoxy groups -OCH3 is 1. The van der Waals surface area contributed by atoms with Gasteiger partial charge >= 0.3 is 0 Å². The standard InChI is InChI=1S/C16H20FN5O2/c1-16(2,23)10-7-13-9(6-11(10)17)14(20-21(13)3)19-12-8-18-22(4)15(12)24-5/h6-8,23H,1-5H3,(H,19,20). The molecule has 0 atom stereocenters. The van der Waals surface area contributed by atoms with Crippen molar-refractivity contribution in [3.63, 3.8) is 0 Å². The van der Waals surface area contributed by atoms with Crippen LogP contribution in [0.4, 0.5) is 15.9 Å². The Bertz CT molecular complexity index is 907. The van der Waals surface area contributed by atoms with Crippen LogP contribution >= 0.6 is 0 Å². The lowest BCUT2D eigenvalue weighted by Crippen LogP contribution is -2.17. The summed E-state index contributed by atoms with van der Waals surface area (Å²) in [5, 5.41) is 22.4. The fourth-order valence-corrected chi connectivity index (χ4v) is 2.72. The van der Waals surface area contributed by atoms with Crippen molar-refractivity contribution in [3.05, 3.63) is 29.7 Å². The summed E-state index contributed by atoms with van der Waals surface area (Å²) < 4.78 is 22.9. The first-order valence-corrected chi connectivity index (χ1v) is 7.44. The van der Waals surface area contributed by atoms with Crippen molar-refractivity contribution in [3.8, 4) is 5.88 Å². The van der Waals surface area contributed by atoms with E-state index in [0.717, 1.165) is 0 Å². The summed E-state index contributed by atoms with van der Waals surface area (Å²) in [6.07, 6.45) is 1.61. The van der Waals surface area contributed by atoms with Crippen LogP contribution in [-0.4, -0.2) is 31.8 Å². The van der Waals surface area contributed by atoms with E-state index in [1.165, 1.54) is 6.07 Å². The van der Waals surface area contributed by atoms with Gasteiger partial charge in [-0.1, -0.05) is 0 Å². The van der Waals surface area contributed by atoms with Crippen LogP contribution in [0.1, 0.15) is 19.4 Å². The van der Waals surface area contributed by atoms with Crippen molar-refractivity contribution >= 4 is 22.4 Å². The first kappa shape index (κ1) is 16.3. The van der Waals surface area contributed by atoms with Crippen LogP contribution in [0.15, 0.2) is 18.3 Å². The van der Waals surface area contributed by atoms with Crippen LogP contribution in [0.2, 0.25) is 0 Å². The van der Waals surface area contributed by atoms with Crippen molar-refractivity contribution in [2.45, 2.75) is 19.4 Å². The van der Waals surface area contributed by atoms with E-state index < -0.39 is 11.4 Å². The van der Waals surface area contributed by atoms with E-state index in [1.54, 1.807) is 56.7 Å². The van der Waals surface area contributed by atoms with E-state index in [4.69, 9.17) is 4.74 Å². The number of nitrogens with one attached hydrogen (secondary N) is 1. The van der Waals surface area contributed by atoms with E-state index in [1.807, 2.05) is 0 Å². The lowest BCUT2D eigenvalue weighted by Gasteiger charge is -2.18. The second kappa shape index (κ2) is 5.48. The second-order valence-corrected chi connectivity index (χ2v) is 6.20. The molecule has 0 bridgehead atoms.